The molecule has 11 heteroatoms. The molecule has 0 radical (unpaired) electrons. The van der Waals surface area contributed by atoms with Crippen molar-refractivity contribution in [2.24, 2.45) is 0 Å². The lowest BCUT2D eigenvalue weighted by molar-refractivity contribution is 0.102. The predicted molar refractivity (Wildman–Crippen MR) is 106 cm³/mol. The van der Waals surface area contributed by atoms with E-state index in [2.05, 4.69) is 46.5 Å². The van der Waals surface area contributed by atoms with Crippen LogP contribution in [0.2, 0.25) is 0 Å². The number of rotatable bonds is 4. The molecule has 0 atom stereocenters. The number of carbonyl (C=O) groups excluding carboxylic acids is 1. The summed E-state index contributed by atoms with van der Waals surface area (Å²) in [6.45, 7) is 1.63. The first-order valence-electron chi connectivity index (χ1n) is 7.87. The van der Waals surface area contributed by atoms with Gasteiger partial charge in [0.25, 0.3) is 5.91 Å². The van der Waals surface area contributed by atoms with Gasteiger partial charge in [-0.3, -0.25) is 15.1 Å². The third-order valence-electron chi connectivity index (χ3n) is 3.53. The number of carboxylic acid groups (broad SMARTS) is 1. The maximum Gasteiger partial charge on any atom is 0.410 e. The fourth-order valence-electron chi connectivity index (χ4n) is 2.41. The third-order valence-corrected chi connectivity index (χ3v) is 3.97. The first kappa shape index (κ1) is 19.2. The van der Waals surface area contributed by atoms with E-state index in [1.165, 1.54) is 18.5 Å². The SMILES string of the molecule is Cc1nc(NC(=O)O)cc(-c2ccncc2NC(=O)c2nc(Br)ccc2N)n1. The second-order valence-electron chi connectivity index (χ2n) is 5.56. The van der Waals surface area contributed by atoms with E-state index in [-0.39, 0.29) is 17.2 Å². The third kappa shape index (κ3) is 4.38. The molecule has 0 unspecified atom stereocenters. The van der Waals surface area contributed by atoms with Gasteiger partial charge >= 0.3 is 6.09 Å². The van der Waals surface area contributed by atoms with Gasteiger partial charge in [-0.05, 0) is 41.1 Å². The molecule has 3 aromatic heterocycles. The molecule has 0 aromatic carbocycles. The number of pyridine rings is 2. The molecule has 0 aliphatic rings. The number of amides is 2. The Balaban J connectivity index is 1.98. The highest BCUT2D eigenvalue weighted by Gasteiger charge is 2.16. The average molecular weight is 444 g/mol. The van der Waals surface area contributed by atoms with Crippen LogP contribution >= 0.6 is 15.9 Å². The largest absolute Gasteiger partial charge is 0.465 e. The van der Waals surface area contributed by atoms with Gasteiger partial charge in [0, 0.05) is 17.8 Å². The lowest BCUT2D eigenvalue weighted by Crippen LogP contribution is -2.17. The Labute approximate surface area is 167 Å². The number of nitrogens with zero attached hydrogens (tertiary/aromatic N) is 4. The molecule has 5 N–H and O–H groups in total. The number of nitrogens with two attached hydrogens (primary N) is 1. The quantitative estimate of drug-likeness (QED) is 0.448. The molecule has 2 amide bonds. The van der Waals surface area contributed by atoms with E-state index < -0.39 is 12.0 Å². The molecule has 3 rings (SSSR count). The van der Waals surface area contributed by atoms with E-state index in [1.807, 2.05) is 0 Å². The zero-order valence-electron chi connectivity index (χ0n) is 14.5. The van der Waals surface area contributed by atoms with Crippen LogP contribution < -0.4 is 16.4 Å². The highest BCUT2D eigenvalue weighted by atomic mass is 79.9. The first-order chi connectivity index (χ1) is 13.3. The topological polar surface area (TPSA) is 156 Å². The summed E-state index contributed by atoms with van der Waals surface area (Å²) in [6.07, 6.45) is 1.73. The van der Waals surface area contributed by atoms with Gasteiger partial charge in [-0.2, -0.15) is 0 Å². The lowest BCUT2D eigenvalue weighted by Gasteiger charge is -2.12. The summed E-state index contributed by atoms with van der Waals surface area (Å²) in [7, 11) is 0. The molecule has 0 saturated heterocycles. The number of hydrogen-bond donors (Lipinski definition) is 4. The van der Waals surface area contributed by atoms with Gasteiger partial charge in [-0.1, -0.05) is 0 Å². The average Bonchev–Trinajstić information content (AvgIpc) is 2.63. The van der Waals surface area contributed by atoms with Crippen molar-refractivity contribution in [1.29, 1.82) is 0 Å². The van der Waals surface area contributed by atoms with E-state index in [4.69, 9.17) is 10.8 Å². The van der Waals surface area contributed by atoms with Crippen molar-refractivity contribution in [1.82, 2.24) is 19.9 Å². The number of carbonyl (C=O) groups is 2. The van der Waals surface area contributed by atoms with Crippen LogP contribution in [0.1, 0.15) is 16.3 Å². The van der Waals surface area contributed by atoms with Crippen LogP contribution in [0.5, 0.6) is 0 Å². The van der Waals surface area contributed by atoms with Gasteiger partial charge in [-0.15, -0.1) is 0 Å². The highest BCUT2D eigenvalue weighted by molar-refractivity contribution is 9.10. The summed E-state index contributed by atoms with van der Waals surface area (Å²) >= 11 is 3.21. The summed E-state index contributed by atoms with van der Waals surface area (Å²) in [4.78, 5) is 40.0. The second-order valence-corrected chi connectivity index (χ2v) is 6.38. The van der Waals surface area contributed by atoms with Crippen molar-refractivity contribution >= 4 is 45.1 Å². The molecule has 3 heterocycles. The first-order valence-corrected chi connectivity index (χ1v) is 8.66. The van der Waals surface area contributed by atoms with Gasteiger partial charge in [0.15, 0.2) is 5.69 Å². The van der Waals surface area contributed by atoms with Crippen LogP contribution in [0.25, 0.3) is 11.3 Å². The van der Waals surface area contributed by atoms with Crippen molar-refractivity contribution in [3.8, 4) is 11.3 Å². The minimum atomic E-state index is -1.25. The van der Waals surface area contributed by atoms with Crippen molar-refractivity contribution in [2.45, 2.75) is 6.92 Å². The molecule has 0 aliphatic heterocycles. The van der Waals surface area contributed by atoms with Gasteiger partial charge < -0.3 is 16.2 Å². The van der Waals surface area contributed by atoms with Crippen molar-refractivity contribution in [3.63, 3.8) is 0 Å². The molecule has 0 aliphatic carbocycles. The molecule has 0 fully saturated rings. The Morgan fingerprint density at radius 2 is 1.93 bits per heavy atom. The monoisotopic (exact) mass is 443 g/mol. The van der Waals surface area contributed by atoms with Gasteiger partial charge in [0.1, 0.15) is 16.2 Å². The molecule has 10 nitrogen and oxygen atoms in total. The van der Waals surface area contributed by atoms with Gasteiger partial charge in [0.05, 0.1) is 23.3 Å². The summed E-state index contributed by atoms with van der Waals surface area (Å²) in [5, 5.41) is 13.8. The summed E-state index contributed by atoms with van der Waals surface area (Å²) < 4.78 is 0.467. The zero-order chi connectivity index (χ0) is 20.3. The number of aromatic nitrogens is 4. The smallest absolute Gasteiger partial charge is 0.410 e. The zero-order valence-corrected chi connectivity index (χ0v) is 16.1. The Hall–Kier alpha value is -3.60. The van der Waals surface area contributed by atoms with E-state index in [0.717, 1.165) is 0 Å². The Morgan fingerprint density at radius 1 is 1.14 bits per heavy atom. The number of nitrogen functional groups attached to an aromatic ring is 1. The van der Waals surface area contributed by atoms with E-state index in [0.29, 0.717) is 27.4 Å². The van der Waals surface area contributed by atoms with Crippen LogP contribution in [0, 0.1) is 6.92 Å². The lowest BCUT2D eigenvalue weighted by atomic mass is 10.1. The second kappa shape index (κ2) is 7.96. The molecular formula is C17H14BrN7O3. The number of anilines is 3. The maximum absolute atomic E-state index is 12.6. The number of hydrogen-bond acceptors (Lipinski definition) is 7. The fraction of sp³-hybridized carbons (Fsp3) is 0.0588. The van der Waals surface area contributed by atoms with Crippen LogP contribution in [-0.2, 0) is 0 Å². The molecule has 3 aromatic rings. The number of nitrogens with one attached hydrogen (secondary N) is 2. The van der Waals surface area contributed by atoms with Crippen molar-refractivity contribution in [2.75, 3.05) is 16.4 Å². The van der Waals surface area contributed by atoms with Crippen LogP contribution in [0.4, 0.5) is 22.0 Å². The number of halogens is 1. The molecule has 0 bridgehead atoms. The van der Waals surface area contributed by atoms with E-state index in [9.17, 15) is 9.59 Å². The highest BCUT2D eigenvalue weighted by Crippen LogP contribution is 2.28. The van der Waals surface area contributed by atoms with Crippen LogP contribution in [-0.4, -0.2) is 37.0 Å². The molecule has 0 saturated carbocycles. The Kier molecular flexibility index (Phi) is 5.45. The van der Waals surface area contributed by atoms with Gasteiger partial charge in [0.2, 0.25) is 0 Å². The van der Waals surface area contributed by atoms with Crippen molar-refractivity contribution in [3.05, 3.63) is 52.8 Å². The fourth-order valence-corrected chi connectivity index (χ4v) is 2.72. The normalized spacial score (nSPS) is 10.4. The van der Waals surface area contributed by atoms with E-state index >= 15 is 0 Å². The minimum Gasteiger partial charge on any atom is -0.465 e. The summed E-state index contributed by atoms with van der Waals surface area (Å²) in [6, 6.07) is 6.29. The van der Waals surface area contributed by atoms with Crippen LogP contribution in [0.3, 0.4) is 0 Å². The van der Waals surface area contributed by atoms with Crippen molar-refractivity contribution < 1.29 is 14.7 Å². The molecule has 0 spiro atoms. The summed E-state index contributed by atoms with van der Waals surface area (Å²) in [5.41, 5.74) is 7.39. The Morgan fingerprint density at radius 3 is 2.68 bits per heavy atom. The number of aryl methyl sites for hydroxylation is 1. The van der Waals surface area contributed by atoms with E-state index in [1.54, 1.807) is 25.1 Å². The molecule has 28 heavy (non-hydrogen) atoms. The minimum absolute atomic E-state index is 0.0521. The molecule has 142 valence electrons. The standard InChI is InChI=1S/C17H14BrN7O3/c1-8-21-11(6-14(22-8)25-17(27)28)9-4-5-20-7-12(9)23-16(26)15-10(19)2-3-13(18)24-15/h2-7H,19H2,1H3,(H,23,26)(H,27,28)(H,21,22,25). The predicted octanol–water partition coefficient (Wildman–Crippen LogP) is 2.93. The molecular weight excluding hydrogens is 430 g/mol. The van der Waals surface area contributed by atoms with Crippen LogP contribution in [0.15, 0.2) is 41.3 Å². The maximum atomic E-state index is 12.6. The van der Waals surface area contributed by atoms with Gasteiger partial charge in [-0.25, -0.2) is 19.7 Å². The Bertz CT molecular complexity index is 1070. The summed E-state index contributed by atoms with van der Waals surface area (Å²) in [5.74, 6) is -0.0575.